The fourth-order valence-corrected chi connectivity index (χ4v) is 1.81. The molecule has 2 aromatic rings. The van der Waals surface area contributed by atoms with E-state index in [0.717, 1.165) is 5.56 Å². The molecule has 116 valence electrons. The monoisotopic (exact) mass is 311 g/mol. The molecule has 0 saturated heterocycles. The van der Waals surface area contributed by atoms with Gasteiger partial charge in [0.2, 0.25) is 0 Å². The summed E-state index contributed by atoms with van der Waals surface area (Å²) in [6, 6.07) is 14.5. The molecule has 1 amide bonds. The lowest BCUT2D eigenvalue weighted by Gasteiger charge is -2.05. The van der Waals surface area contributed by atoms with Crippen molar-refractivity contribution in [1.29, 1.82) is 5.26 Å². The first-order valence-electron chi connectivity index (χ1n) is 6.81. The van der Waals surface area contributed by atoms with Gasteiger partial charge in [-0.1, -0.05) is 12.1 Å². The molecule has 0 spiro atoms. The molecule has 0 bridgehead atoms. The average Bonchev–Trinajstić information content (AvgIpc) is 2.58. The van der Waals surface area contributed by atoms with Gasteiger partial charge < -0.3 is 4.74 Å². The third kappa shape index (κ3) is 4.38. The van der Waals surface area contributed by atoms with Crippen LogP contribution in [0.4, 0.5) is 4.39 Å². The molecule has 0 fully saturated rings. The summed E-state index contributed by atoms with van der Waals surface area (Å²) in [5.41, 5.74) is 3.58. The summed E-state index contributed by atoms with van der Waals surface area (Å²) in [5, 5.41) is 12.4. The first-order chi connectivity index (χ1) is 11.1. The number of rotatable bonds is 5. The number of carbonyl (C=O) groups excluding carboxylic acids is 1. The fraction of sp³-hybridized carbons (Fsp3) is 0.118. The molecule has 0 aliphatic heterocycles. The van der Waals surface area contributed by atoms with Gasteiger partial charge in [0.05, 0.1) is 11.3 Å². The van der Waals surface area contributed by atoms with Crippen LogP contribution in [0.15, 0.2) is 53.6 Å². The number of hydrogen-bond acceptors (Lipinski definition) is 4. The minimum atomic E-state index is -0.614. The molecular formula is C17H14FN3O2. The normalized spacial score (nSPS) is 10.7. The van der Waals surface area contributed by atoms with Crippen LogP contribution in [0.5, 0.6) is 5.75 Å². The third-order valence-corrected chi connectivity index (χ3v) is 3.02. The molecule has 0 unspecified atom stereocenters. The molecule has 2 aromatic carbocycles. The van der Waals surface area contributed by atoms with E-state index in [1.165, 1.54) is 18.2 Å². The Kier molecular flexibility index (Phi) is 5.42. The summed E-state index contributed by atoms with van der Waals surface area (Å²) < 4.78 is 18.6. The fourth-order valence-electron chi connectivity index (χ4n) is 1.81. The van der Waals surface area contributed by atoms with E-state index in [4.69, 9.17) is 10.00 Å². The molecule has 2 rings (SSSR count). The van der Waals surface area contributed by atoms with Crippen molar-refractivity contribution in [1.82, 2.24) is 5.43 Å². The number of carbonyl (C=O) groups is 1. The predicted molar refractivity (Wildman–Crippen MR) is 83.6 cm³/mol. The molecule has 0 aliphatic carbocycles. The van der Waals surface area contributed by atoms with Crippen molar-refractivity contribution >= 4 is 11.6 Å². The van der Waals surface area contributed by atoms with Gasteiger partial charge in [0.15, 0.2) is 6.61 Å². The zero-order valence-corrected chi connectivity index (χ0v) is 12.4. The Morgan fingerprint density at radius 1 is 1.26 bits per heavy atom. The number of nitrogens with one attached hydrogen (secondary N) is 1. The van der Waals surface area contributed by atoms with Crippen molar-refractivity contribution < 1.29 is 13.9 Å². The molecule has 23 heavy (non-hydrogen) atoms. The van der Waals surface area contributed by atoms with Gasteiger partial charge in [0, 0.05) is 0 Å². The number of ether oxygens (including phenoxy) is 1. The lowest BCUT2D eigenvalue weighted by Crippen LogP contribution is -2.20. The highest BCUT2D eigenvalue weighted by atomic mass is 19.1. The standard InChI is InChI=1S/C17H14FN3O2/c1-12(13-6-8-14(9-7-13)23-11-10-19)20-21-17(22)15-4-2-3-5-16(15)18/h2-9H,11H2,1H3,(H,21,22)/b20-12-. The highest BCUT2D eigenvalue weighted by molar-refractivity contribution is 6.00. The van der Waals surface area contributed by atoms with Crippen molar-refractivity contribution in [3.05, 3.63) is 65.5 Å². The second-order valence-electron chi connectivity index (χ2n) is 4.59. The summed E-state index contributed by atoms with van der Waals surface area (Å²) in [4.78, 5) is 11.9. The molecule has 0 heterocycles. The van der Waals surface area contributed by atoms with Gasteiger partial charge in [0.1, 0.15) is 17.6 Å². The lowest BCUT2D eigenvalue weighted by molar-refractivity contribution is 0.0951. The van der Waals surface area contributed by atoms with Crippen molar-refractivity contribution in [3.8, 4) is 11.8 Å². The number of benzene rings is 2. The van der Waals surface area contributed by atoms with E-state index in [9.17, 15) is 9.18 Å². The van der Waals surface area contributed by atoms with Crippen LogP contribution in [-0.2, 0) is 0 Å². The number of amides is 1. The number of nitrogens with zero attached hydrogens (tertiary/aromatic N) is 2. The van der Waals surface area contributed by atoms with Gasteiger partial charge in [-0.3, -0.25) is 4.79 Å². The van der Waals surface area contributed by atoms with E-state index in [0.29, 0.717) is 11.5 Å². The molecule has 1 N–H and O–H groups in total. The van der Waals surface area contributed by atoms with E-state index < -0.39 is 11.7 Å². The van der Waals surface area contributed by atoms with Crippen LogP contribution in [0.3, 0.4) is 0 Å². The number of hydrazone groups is 1. The van der Waals surface area contributed by atoms with Gasteiger partial charge >= 0.3 is 0 Å². The van der Waals surface area contributed by atoms with Crippen LogP contribution in [0.2, 0.25) is 0 Å². The van der Waals surface area contributed by atoms with E-state index >= 15 is 0 Å². The van der Waals surface area contributed by atoms with Crippen molar-refractivity contribution in [3.63, 3.8) is 0 Å². The Labute approximate surface area is 133 Å². The zero-order chi connectivity index (χ0) is 16.7. The molecule has 0 aliphatic rings. The predicted octanol–water partition coefficient (Wildman–Crippen LogP) is 2.88. The van der Waals surface area contributed by atoms with Crippen LogP contribution in [0, 0.1) is 17.1 Å². The third-order valence-electron chi connectivity index (χ3n) is 3.02. The Hall–Kier alpha value is -3.20. The summed E-state index contributed by atoms with van der Waals surface area (Å²) >= 11 is 0. The maximum atomic E-state index is 13.5. The minimum absolute atomic E-state index is 0.0227. The second kappa shape index (κ2) is 7.71. The molecule has 0 atom stereocenters. The zero-order valence-electron chi connectivity index (χ0n) is 12.4. The van der Waals surface area contributed by atoms with E-state index in [1.54, 1.807) is 37.3 Å². The Morgan fingerprint density at radius 2 is 1.96 bits per heavy atom. The Morgan fingerprint density at radius 3 is 2.61 bits per heavy atom. The quantitative estimate of drug-likeness (QED) is 0.681. The maximum absolute atomic E-state index is 13.5. The first kappa shape index (κ1) is 16.2. The number of hydrogen-bond donors (Lipinski definition) is 1. The molecule has 0 aromatic heterocycles. The van der Waals surface area contributed by atoms with Crippen LogP contribution in [0.1, 0.15) is 22.8 Å². The van der Waals surface area contributed by atoms with Gasteiger partial charge in [-0.15, -0.1) is 0 Å². The topological polar surface area (TPSA) is 74.5 Å². The van der Waals surface area contributed by atoms with Crippen molar-refractivity contribution in [2.24, 2.45) is 5.10 Å². The smallest absolute Gasteiger partial charge is 0.274 e. The van der Waals surface area contributed by atoms with Crippen LogP contribution in [-0.4, -0.2) is 18.2 Å². The molecule has 6 heteroatoms. The number of halogens is 1. The maximum Gasteiger partial charge on any atom is 0.274 e. The average molecular weight is 311 g/mol. The van der Waals surface area contributed by atoms with Crippen LogP contribution < -0.4 is 10.2 Å². The highest BCUT2D eigenvalue weighted by Crippen LogP contribution is 2.12. The van der Waals surface area contributed by atoms with Crippen LogP contribution in [0.25, 0.3) is 0 Å². The highest BCUT2D eigenvalue weighted by Gasteiger charge is 2.09. The molecule has 5 nitrogen and oxygen atoms in total. The first-order valence-corrected chi connectivity index (χ1v) is 6.81. The molecule has 0 saturated carbocycles. The lowest BCUT2D eigenvalue weighted by atomic mass is 10.1. The van der Waals surface area contributed by atoms with Gasteiger partial charge in [-0.25, -0.2) is 9.82 Å². The number of nitriles is 1. The van der Waals surface area contributed by atoms with Gasteiger partial charge in [-0.05, 0) is 48.9 Å². The van der Waals surface area contributed by atoms with E-state index in [-0.39, 0.29) is 12.2 Å². The van der Waals surface area contributed by atoms with Gasteiger partial charge in [-0.2, -0.15) is 10.4 Å². The molecular weight excluding hydrogens is 297 g/mol. The second-order valence-corrected chi connectivity index (χ2v) is 4.59. The van der Waals surface area contributed by atoms with Crippen molar-refractivity contribution in [2.75, 3.05) is 6.61 Å². The van der Waals surface area contributed by atoms with Gasteiger partial charge in [0.25, 0.3) is 5.91 Å². The minimum Gasteiger partial charge on any atom is -0.479 e. The molecule has 0 radical (unpaired) electrons. The summed E-state index contributed by atoms with van der Waals surface area (Å²) in [7, 11) is 0. The Bertz CT molecular complexity index is 764. The summed E-state index contributed by atoms with van der Waals surface area (Å²) in [6.07, 6.45) is 0. The summed E-state index contributed by atoms with van der Waals surface area (Å²) in [6.45, 7) is 1.69. The van der Waals surface area contributed by atoms with E-state index in [1.807, 2.05) is 6.07 Å². The SMILES string of the molecule is C/C(=N/NC(=O)c1ccccc1F)c1ccc(OCC#N)cc1. The van der Waals surface area contributed by atoms with E-state index in [2.05, 4.69) is 10.5 Å². The largest absolute Gasteiger partial charge is 0.479 e. The summed E-state index contributed by atoms with van der Waals surface area (Å²) in [5.74, 6) is -0.647. The van der Waals surface area contributed by atoms with Crippen molar-refractivity contribution in [2.45, 2.75) is 6.92 Å². The van der Waals surface area contributed by atoms with Crippen LogP contribution >= 0.6 is 0 Å². The Balaban J connectivity index is 2.04.